The van der Waals surface area contributed by atoms with Crippen molar-refractivity contribution in [3.05, 3.63) is 59.1 Å². The van der Waals surface area contributed by atoms with Crippen LogP contribution in [0.15, 0.2) is 48.5 Å². The molecule has 2 aromatic rings. The van der Waals surface area contributed by atoms with Crippen molar-refractivity contribution in [3.63, 3.8) is 0 Å². The number of methoxy groups -OCH3 is 1. The molecule has 2 aromatic carbocycles. The van der Waals surface area contributed by atoms with E-state index in [0.717, 1.165) is 5.56 Å². The second-order valence-corrected chi connectivity index (χ2v) is 6.09. The van der Waals surface area contributed by atoms with Gasteiger partial charge in [-0.2, -0.15) is 0 Å². The van der Waals surface area contributed by atoms with Crippen molar-refractivity contribution in [3.8, 4) is 5.75 Å². The Morgan fingerprint density at radius 2 is 1.80 bits per heavy atom. The fourth-order valence-electron chi connectivity index (χ4n) is 2.44. The molecule has 132 valence electrons. The average molecular weight is 361 g/mol. The highest BCUT2D eigenvalue weighted by Gasteiger charge is 2.21. The molecule has 25 heavy (non-hydrogen) atoms. The molecule has 0 atom stereocenters. The fraction of sp³-hybridized carbons (Fsp3) is 0.263. The summed E-state index contributed by atoms with van der Waals surface area (Å²) in [5, 5.41) is 0.465. The van der Waals surface area contributed by atoms with E-state index in [2.05, 4.69) is 0 Å². The van der Waals surface area contributed by atoms with Gasteiger partial charge in [0.1, 0.15) is 12.3 Å². The SMILES string of the molecule is COc1ccc(Cl)cc1N(CC(=O)N(C)Cc1ccccc1)C(C)=O. The molecule has 6 heteroatoms. The quantitative estimate of drug-likeness (QED) is 0.793. The number of hydrogen-bond donors (Lipinski definition) is 0. The van der Waals surface area contributed by atoms with E-state index < -0.39 is 0 Å². The molecule has 0 aliphatic heterocycles. The van der Waals surface area contributed by atoms with Crippen molar-refractivity contribution in [1.29, 1.82) is 0 Å². The first-order valence-electron chi connectivity index (χ1n) is 7.82. The number of ether oxygens (including phenoxy) is 1. The Kier molecular flexibility index (Phi) is 6.42. The number of amides is 2. The zero-order valence-electron chi connectivity index (χ0n) is 14.5. The van der Waals surface area contributed by atoms with Gasteiger partial charge in [-0.3, -0.25) is 14.5 Å². The van der Waals surface area contributed by atoms with Gasteiger partial charge >= 0.3 is 0 Å². The van der Waals surface area contributed by atoms with Crippen molar-refractivity contribution in [2.45, 2.75) is 13.5 Å². The van der Waals surface area contributed by atoms with Crippen molar-refractivity contribution in [2.24, 2.45) is 0 Å². The Labute approximate surface area is 152 Å². The van der Waals surface area contributed by atoms with Crippen LogP contribution in [0.5, 0.6) is 5.75 Å². The van der Waals surface area contributed by atoms with E-state index >= 15 is 0 Å². The van der Waals surface area contributed by atoms with E-state index in [-0.39, 0.29) is 18.4 Å². The summed E-state index contributed by atoms with van der Waals surface area (Å²) in [7, 11) is 3.22. The molecule has 0 heterocycles. The molecule has 0 aliphatic carbocycles. The van der Waals surface area contributed by atoms with E-state index in [1.54, 1.807) is 30.1 Å². The number of carbonyl (C=O) groups excluding carboxylic acids is 2. The first kappa shape index (κ1) is 18.8. The summed E-state index contributed by atoms with van der Waals surface area (Å²) in [6.07, 6.45) is 0. The highest BCUT2D eigenvalue weighted by Crippen LogP contribution is 2.31. The normalized spacial score (nSPS) is 10.2. The van der Waals surface area contributed by atoms with Crippen LogP contribution < -0.4 is 9.64 Å². The number of anilines is 1. The first-order valence-corrected chi connectivity index (χ1v) is 8.19. The predicted octanol–water partition coefficient (Wildman–Crippen LogP) is 3.36. The highest BCUT2D eigenvalue weighted by molar-refractivity contribution is 6.31. The van der Waals surface area contributed by atoms with Gasteiger partial charge in [0.15, 0.2) is 0 Å². The summed E-state index contributed by atoms with van der Waals surface area (Å²) >= 11 is 6.04. The molecule has 0 aliphatic rings. The second kappa shape index (κ2) is 8.53. The number of hydrogen-bond acceptors (Lipinski definition) is 3. The maximum absolute atomic E-state index is 12.6. The van der Waals surface area contributed by atoms with Gasteiger partial charge < -0.3 is 9.64 Å². The minimum absolute atomic E-state index is 0.0879. The Morgan fingerprint density at radius 3 is 2.40 bits per heavy atom. The zero-order valence-corrected chi connectivity index (χ0v) is 15.3. The minimum atomic E-state index is -0.262. The van der Waals surface area contributed by atoms with Crippen LogP contribution in [-0.4, -0.2) is 37.4 Å². The Hall–Kier alpha value is -2.53. The summed E-state index contributed by atoms with van der Waals surface area (Å²) in [5.41, 5.74) is 1.50. The zero-order chi connectivity index (χ0) is 18.4. The van der Waals surface area contributed by atoms with Crippen molar-refractivity contribution < 1.29 is 14.3 Å². The molecule has 0 spiro atoms. The lowest BCUT2D eigenvalue weighted by molar-refractivity contribution is -0.130. The molecule has 0 saturated heterocycles. The summed E-state index contributed by atoms with van der Waals surface area (Å²) in [4.78, 5) is 27.6. The molecule has 0 N–H and O–H groups in total. The lowest BCUT2D eigenvalue weighted by Crippen LogP contribution is -2.40. The summed E-state index contributed by atoms with van der Waals surface area (Å²) in [6.45, 7) is 1.79. The van der Waals surface area contributed by atoms with Crippen LogP contribution in [0.2, 0.25) is 5.02 Å². The van der Waals surface area contributed by atoms with Crippen LogP contribution in [-0.2, 0) is 16.1 Å². The number of likely N-dealkylation sites (N-methyl/N-ethyl adjacent to an activating group) is 1. The largest absolute Gasteiger partial charge is 0.495 e. The first-order chi connectivity index (χ1) is 11.9. The molecule has 0 aromatic heterocycles. The van der Waals surface area contributed by atoms with Gasteiger partial charge in [0, 0.05) is 25.5 Å². The van der Waals surface area contributed by atoms with E-state index in [1.807, 2.05) is 30.3 Å². The van der Waals surface area contributed by atoms with Crippen molar-refractivity contribution in [1.82, 2.24) is 4.90 Å². The highest BCUT2D eigenvalue weighted by atomic mass is 35.5. The van der Waals surface area contributed by atoms with Gasteiger partial charge in [0.25, 0.3) is 0 Å². The topological polar surface area (TPSA) is 49.9 Å². The number of carbonyl (C=O) groups is 2. The number of halogens is 1. The van der Waals surface area contributed by atoms with Crippen LogP contribution in [0.3, 0.4) is 0 Å². The Morgan fingerprint density at radius 1 is 1.12 bits per heavy atom. The lowest BCUT2D eigenvalue weighted by atomic mass is 10.2. The van der Waals surface area contributed by atoms with Gasteiger partial charge in [-0.1, -0.05) is 41.9 Å². The Balaban J connectivity index is 2.17. The van der Waals surface area contributed by atoms with Gasteiger partial charge in [-0.05, 0) is 23.8 Å². The summed E-state index contributed by atoms with van der Waals surface area (Å²) in [6, 6.07) is 14.6. The van der Waals surface area contributed by atoms with Crippen LogP contribution in [0.4, 0.5) is 5.69 Å². The molecule has 0 bridgehead atoms. The monoisotopic (exact) mass is 360 g/mol. The van der Waals surface area contributed by atoms with E-state index in [0.29, 0.717) is 23.0 Å². The number of benzene rings is 2. The third-order valence-electron chi connectivity index (χ3n) is 3.79. The second-order valence-electron chi connectivity index (χ2n) is 5.66. The number of rotatable bonds is 6. The molecule has 0 radical (unpaired) electrons. The van der Waals surface area contributed by atoms with Crippen LogP contribution >= 0.6 is 11.6 Å². The standard InChI is InChI=1S/C19H21ClN2O3/c1-14(23)22(17-11-16(20)9-10-18(17)25-3)13-19(24)21(2)12-15-7-5-4-6-8-15/h4-11H,12-13H2,1-3H3. The maximum atomic E-state index is 12.6. The summed E-state index contributed by atoms with van der Waals surface area (Å²) in [5.74, 6) is 0.0428. The molecule has 0 unspecified atom stereocenters. The fourth-order valence-corrected chi connectivity index (χ4v) is 2.61. The predicted molar refractivity (Wildman–Crippen MR) is 98.9 cm³/mol. The third-order valence-corrected chi connectivity index (χ3v) is 4.03. The maximum Gasteiger partial charge on any atom is 0.242 e. The molecular weight excluding hydrogens is 340 g/mol. The van der Waals surface area contributed by atoms with Crippen LogP contribution in [0.25, 0.3) is 0 Å². The van der Waals surface area contributed by atoms with Gasteiger partial charge in [0.05, 0.1) is 12.8 Å². The van der Waals surface area contributed by atoms with Gasteiger partial charge in [-0.25, -0.2) is 0 Å². The van der Waals surface area contributed by atoms with E-state index in [9.17, 15) is 9.59 Å². The number of nitrogens with zero attached hydrogens (tertiary/aromatic N) is 2. The average Bonchev–Trinajstić information content (AvgIpc) is 2.60. The summed E-state index contributed by atoms with van der Waals surface area (Å²) < 4.78 is 5.29. The molecule has 2 rings (SSSR count). The van der Waals surface area contributed by atoms with Gasteiger partial charge in [0.2, 0.25) is 11.8 Å². The molecule has 0 saturated carbocycles. The van der Waals surface area contributed by atoms with Crippen LogP contribution in [0.1, 0.15) is 12.5 Å². The lowest BCUT2D eigenvalue weighted by Gasteiger charge is -2.26. The van der Waals surface area contributed by atoms with Crippen LogP contribution in [0, 0.1) is 0 Å². The van der Waals surface area contributed by atoms with E-state index in [4.69, 9.17) is 16.3 Å². The minimum Gasteiger partial charge on any atom is -0.495 e. The molecule has 2 amide bonds. The smallest absolute Gasteiger partial charge is 0.242 e. The van der Waals surface area contributed by atoms with Crippen molar-refractivity contribution in [2.75, 3.05) is 25.6 Å². The third kappa shape index (κ3) is 4.97. The molecule has 0 fully saturated rings. The van der Waals surface area contributed by atoms with Gasteiger partial charge in [-0.15, -0.1) is 0 Å². The van der Waals surface area contributed by atoms with E-state index in [1.165, 1.54) is 18.9 Å². The molecular formula is C19H21ClN2O3. The van der Waals surface area contributed by atoms with Crippen molar-refractivity contribution >= 4 is 29.1 Å². The Bertz CT molecular complexity index is 750. The molecule has 5 nitrogen and oxygen atoms in total.